The lowest BCUT2D eigenvalue weighted by Crippen LogP contribution is -2.40. The van der Waals surface area contributed by atoms with E-state index in [4.69, 9.17) is 11.6 Å². The average Bonchev–Trinajstić information content (AvgIpc) is 2.64. The summed E-state index contributed by atoms with van der Waals surface area (Å²) in [6.45, 7) is 0.527. The van der Waals surface area contributed by atoms with Crippen LogP contribution in [0.4, 0.5) is 9.18 Å². The lowest BCUT2D eigenvalue weighted by atomic mass is 10.2. The molecule has 0 bridgehead atoms. The highest BCUT2D eigenvalue weighted by atomic mass is 35.5. The van der Waals surface area contributed by atoms with Gasteiger partial charge in [0, 0.05) is 24.7 Å². The van der Waals surface area contributed by atoms with Gasteiger partial charge in [-0.25, -0.2) is 9.18 Å². The smallest absolute Gasteiger partial charge is 0.320 e. The quantitative estimate of drug-likeness (QED) is 0.808. The number of benzene rings is 1. The average molecular weight is 286 g/mol. The molecular formula is C12H11ClFN2O3-. The van der Waals surface area contributed by atoms with Crippen LogP contribution in [0.25, 0.3) is 0 Å². The van der Waals surface area contributed by atoms with Crippen molar-refractivity contribution in [2.45, 2.75) is 6.54 Å². The highest BCUT2D eigenvalue weighted by Crippen LogP contribution is 2.21. The summed E-state index contributed by atoms with van der Waals surface area (Å²) in [7, 11) is 0. The van der Waals surface area contributed by atoms with Gasteiger partial charge in [0.05, 0.1) is 12.5 Å². The second kappa shape index (κ2) is 5.44. The second-order valence-electron chi connectivity index (χ2n) is 4.23. The fourth-order valence-electron chi connectivity index (χ4n) is 1.94. The molecule has 19 heavy (non-hydrogen) atoms. The number of hydrogen-bond donors (Lipinski definition) is 0. The lowest BCUT2D eigenvalue weighted by molar-refractivity contribution is -0.305. The van der Waals surface area contributed by atoms with Crippen LogP contribution in [-0.2, 0) is 11.3 Å². The Morgan fingerprint density at radius 2 is 2.05 bits per heavy atom. The number of hydrogen-bond acceptors (Lipinski definition) is 3. The number of carbonyl (C=O) groups excluding carboxylic acids is 2. The molecule has 5 nitrogen and oxygen atoms in total. The zero-order chi connectivity index (χ0) is 14.0. The predicted octanol–water partition coefficient (Wildman–Crippen LogP) is 0.467. The number of rotatable bonds is 4. The van der Waals surface area contributed by atoms with Gasteiger partial charge in [-0.2, -0.15) is 0 Å². The maximum Gasteiger partial charge on any atom is 0.320 e. The first-order chi connectivity index (χ1) is 8.97. The number of carboxylic acid groups (broad SMARTS) is 1. The molecule has 0 atom stereocenters. The van der Waals surface area contributed by atoms with Crippen LogP contribution in [0.2, 0.25) is 5.02 Å². The molecule has 1 aromatic carbocycles. The van der Waals surface area contributed by atoms with Gasteiger partial charge < -0.3 is 19.7 Å². The number of carbonyl (C=O) groups is 2. The van der Waals surface area contributed by atoms with E-state index in [0.29, 0.717) is 18.7 Å². The zero-order valence-corrected chi connectivity index (χ0v) is 10.7. The maximum absolute atomic E-state index is 12.9. The third-order valence-electron chi connectivity index (χ3n) is 2.88. The molecule has 1 fully saturated rings. The van der Waals surface area contributed by atoms with Crippen molar-refractivity contribution in [3.63, 3.8) is 0 Å². The van der Waals surface area contributed by atoms with Gasteiger partial charge in [-0.3, -0.25) is 0 Å². The van der Waals surface area contributed by atoms with Crippen LogP contribution >= 0.6 is 11.6 Å². The number of halogens is 2. The van der Waals surface area contributed by atoms with Crippen molar-refractivity contribution in [2.75, 3.05) is 19.6 Å². The number of nitrogens with zero attached hydrogens (tertiary/aromatic N) is 2. The first-order valence-electron chi connectivity index (χ1n) is 5.65. The van der Waals surface area contributed by atoms with Crippen molar-refractivity contribution in [3.8, 4) is 0 Å². The summed E-state index contributed by atoms with van der Waals surface area (Å²) < 4.78 is 12.9. The first kappa shape index (κ1) is 13.6. The van der Waals surface area contributed by atoms with Crippen LogP contribution in [0.15, 0.2) is 18.2 Å². The molecule has 2 amide bonds. The summed E-state index contributed by atoms with van der Waals surface area (Å²) in [4.78, 5) is 25.0. The summed E-state index contributed by atoms with van der Waals surface area (Å²) >= 11 is 5.88. The van der Waals surface area contributed by atoms with E-state index in [9.17, 15) is 19.1 Å². The molecule has 7 heteroatoms. The Morgan fingerprint density at radius 1 is 1.37 bits per heavy atom. The number of amides is 2. The van der Waals surface area contributed by atoms with Crippen molar-refractivity contribution in [3.05, 3.63) is 34.6 Å². The fourth-order valence-corrected chi connectivity index (χ4v) is 2.16. The van der Waals surface area contributed by atoms with Crippen LogP contribution in [0.1, 0.15) is 5.56 Å². The van der Waals surface area contributed by atoms with Crippen molar-refractivity contribution < 1.29 is 19.1 Å². The standard InChI is InChI=1S/C12H12ClFN2O3/c13-10-5-9(14)2-1-8(10)6-15-3-4-16(12(15)19)7-11(17)18/h1-2,5H,3-4,6-7H2,(H,17,18)/p-1. The molecule has 1 aromatic rings. The van der Waals surface area contributed by atoms with Crippen LogP contribution in [0.5, 0.6) is 0 Å². The van der Waals surface area contributed by atoms with Gasteiger partial charge in [-0.05, 0) is 17.7 Å². The summed E-state index contributed by atoms with van der Waals surface area (Å²) in [5, 5.41) is 10.7. The van der Waals surface area contributed by atoms with Gasteiger partial charge in [-0.1, -0.05) is 17.7 Å². The molecule has 0 aliphatic carbocycles. The summed E-state index contributed by atoms with van der Waals surface area (Å²) in [6.07, 6.45) is 0. The van der Waals surface area contributed by atoms with E-state index in [1.807, 2.05) is 0 Å². The molecule has 0 spiro atoms. The molecule has 1 saturated heterocycles. The van der Waals surface area contributed by atoms with E-state index in [-0.39, 0.29) is 17.6 Å². The van der Waals surface area contributed by atoms with E-state index < -0.39 is 18.3 Å². The second-order valence-corrected chi connectivity index (χ2v) is 4.64. The fraction of sp³-hybridized carbons (Fsp3) is 0.333. The third kappa shape index (κ3) is 3.14. The molecule has 0 N–H and O–H groups in total. The molecule has 102 valence electrons. The molecule has 1 heterocycles. The van der Waals surface area contributed by atoms with Crippen molar-refractivity contribution in [1.82, 2.24) is 9.80 Å². The van der Waals surface area contributed by atoms with Gasteiger partial charge in [0.2, 0.25) is 0 Å². The number of aliphatic carboxylic acids is 1. The van der Waals surface area contributed by atoms with Crippen LogP contribution < -0.4 is 5.11 Å². The molecule has 0 unspecified atom stereocenters. The minimum Gasteiger partial charge on any atom is -0.548 e. The van der Waals surface area contributed by atoms with Crippen LogP contribution in [-0.4, -0.2) is 41.4 Å². The van der Waals surface area contributed by atoms with Crippen molar-refractivity contribution in [1.29, 1.82) is 0 Å². The van der Waals surface area contributed by atoms with Crippen molar-refractivity contribution in [2.24, 2.45) is 0 Å². The Balaban J connectivity index is 2.04. The van der Waals surface area contributed by atoms with E-state index in [1.165, 1.54) is 28.0 Å². The molecule has 1 aliphatic heterocycles. The van der Waals surface area contributed by atoms with Gasteiger partial charge in [-0.15, -0.1) is 0 Å². The Labute approximate surface area is 114 Å². The van der Waals surface area contributed by atoms with Crippen LogP contribution in [0.3, 0.4) is 0 Å². The monoisotopic (exact) mass is 285 g/mol. The van der Waals surface area contributed by atoms with Crippen LogP contribution in [0, 0.1) is 5.82 Å². The van der Waals surface area contributed by atoms with Crippen molar-refractivity contribution >= 4 is 23.6 Å². The zero-order valence-electron chi connectivity index (χ0n) is 9.94. The topological polar surface area (TPSA) is 63.7 Å². The number of urea groups is 1. The molecule has 0 aromatic heterocycles. The van der Waals surface area contributed by atoms with Gasteiger partial charge in [0.1, 0.15) is 5.82 Å². The summed E-state index contributed by atoms with van der Waals surface area (Å²) in [5.41, 5.74) is 0.617. The molecule has 2 rings (SSSR count). The lowest BCUT2D eigenvalue weighted by Gasteiger charge is -2.19. The predicted molar refractivity (Wildman–Crippen MR) is 63.8 cm³/mol. The largest absolute Gasteiger partial charge is 0.548 e. The maximum atomic E-state index is 12.9. The Kier molecular flexibility index (Phi) is 3.90. The first-order valence-corrected chi connectivity index (χ1v) is 6.03. The van der Waals surface area contributed by atoms with E-state index >= 15 is 0 Å². The SMILES string of the molecule is O=C([O-])CN1CCN(Cc2ccc(F)cc2Cl)C1=O. The van der Waals surface area contributed by atoms with Gasteiger partial charge in [0.25, 0.3) is 0 Å². The summed E-state index contributed by atoms with van der Waals surface area (Å²) in [5.74, 6) is -1.74. The van der Waals surface area contributed by atoms with E-state index in [0.717, 1.165) is 0 Å². The highest BCUT2D eigenvalue weighted by molar-refractivity contribution is 6.31. The Morgan fingerprint density at radius 3 is 2.68 bits per heavy atom. The minimum absolute atomic E-state index is 0.224. The third-order valence-corrected chi connectivity index (χ3v) is 3.23. The van der Waals surface area contributed by atoms with E-state index in [2.05, 4.69) is 0 Å². The van der Waals surface area contributed by atoms with E-state index in [1.54, 1.807) is 0 Å². The normalized spacial score (nSPS) is 15.2. The molecule has 0 saturated carbocycles. The van der Waals surface area contributed by atoms with Gasteiger partial charge in [0.15, 0.2) is 0 Å². The Bertz CT molecular complexity index is 524. The summed E-state index contributed by atoms with van der Waals surface area (Å²) in [6, 6.07) is 3.56. The molecule has 0 radical (unpaired) electrons. The Hall–Kier alpha value is -1.82. The highest BCUT2D eigenvalue weighted by Gasteiger charge is 2.28. The minimum atomic E-state index is -1.30. The number of carboxylic acids is 1. The van der Waals surface area contributed by atoms with Gasteiger partial charge >= 0.3 is 6.03 Å². The molecular weight excluding hydrogens is 275 g/mol. The molecule has 1 aliphatic rings.